The number of hydrogen-bond donors (Lipinski definition) is 0. The van der Waals surface area contributed by atoms with Gasteiger partial charge in [0.25, 0.3) is 0 Å². The van der Waals surface area contributed by atoms with E-state index >= 15 is 0 Å². The van der Waals surface area contributed by atoms with Crippen LogP contribution >= 0.6 is 0 Å². The van der Waals surface area contributed by atoms with E-state index in [0.29, 0.717) is 19.3 Å². The number of unbranched alkanes of at least 4 members (excludes halogenated alkanes) is 18. The monoisotopic (exact) mass is 875 g/mol. The van der Waals surface area contributed by atoms with Gasteiger partial charge in [0.15, 0.2) is 6.10 Å². The van der Waals surface area contributed by atoms with Crippen LogP contribution in [0.5, 0.6) is 0 Å². The number of ether oxygens (including phenoxy) is 3. The van der Waals surface area contributed by atoms with E-state index in [9.17, 15) is 14.4 Å². The van der Waals surface area contributed by atoms with Crippen LogP contribution < -0.4 is 0 Å². The van der Waals surface area contributed by atoms with Crippen molar-refractivity contribution in [3.05, 3.63) is 97.2 Å². The second-order valence-electron chi connectivity index (χ2n) is 16.7. The molecule has 1 unspecified atom stereocenters. The molecule has 0 aliphatic carbocycles. The summed E-state index contributed by atoms with van der Waals surface area (Å²) in [5.41, 5.74) is 0. The summed E-state index contributed by atoms with van der Waals surface area (Å²) in [5, 5.41) is 0. The van der Waals surface area contributed by atoms with Crippen LogP contribution in [0.3, 0.4) is 0 Å². The Bertz CT molecular complexity index is 1280. The SMILES string of the molecule is CC/C=C\C/C=C\C/C=C\C/C=C\C/C=C\C/C=C\C/C=C\CCCCCC(=O)OCC(COC(=O)CCCCCCCCC)OC(=O)CCCCCCC/C=C\CCCCCC. The minimum Gasteiger partial charge on any atom is -0.462 e. The molecule has 0 saturated heterocycles. The molecule has 63 heavy (non-hydrogen) atoms. The summed E-state index contributed by atoms with van der Waals surface area (Å²) in [5.74, 6) is -0.947. The van der Waals surface area contributed by atoms with Gasteiger partial charge in [-0.3, -0.25) is 14.4 Å². The van der Waals surface area contributed by atoms with E-state index < -0.39 is 6.10 Å². The third-order valence-electron chi connectivity index (χ3n) is 10.6. The number of rotatable bonds is 45. The molecule has 1 atom stereocenters. The molecule has 0 saturated carbocycles. The fourth-order valence-corrected chi connectivity index (χ4v) is 6.71. The summed E-state index contributed by atoms with van der Waals surface area (Å²) in [6, 6.07) is 0. The van der Waals surface area contributed by atoms with Gasteiger partial charge in [-0.1, -0.05) is 201 Å². The highest BCUT2D eigenvalue weighted by Gasteiger charge is 2.19. The molecule has 0 aromatic heterocycles. The van der Waals surface area contributed by atoms with Gasteiger partial charge in [-0.05, 0) is 103 Å². The number of allylic oxidation sites excluding steroid dienone is 16. The number of esters is 3. The van der Waals surface area contributed by atoms with Crippen LogP contribution in [-0.4, -0.2) is 37.2 Å². The van der Waals surface area contributed by atoms with Gasteiger partial charge in [0.2, 0.25) is 0 Å². The fraction of sp³-hybridized carbons (Fsp3) is 0.667. The van der Waals surface area contributed by atoms with Gasteiger partial charge in [0.1, 0.15) is 13.2 Å². The molecule has 0 rings (SSSR count). The molecule has 0 spiro atoms. The summed E-state index contributed by atoms with van der Waals surface area (Å²) in [6.07, 6.45) is 66.9. The molecule has 6 nitrogen and oxygen atoms in total. The molecule has 0 heterocycles. The van der Waals surface area contributed by atoms with Crippen molar-refractivity contribution in [1.82, 2.24) is 0 Å². The molecule has 6 heteroatoms. The van der Waals surface area contributed by atoms with Gasteiger partial charge in [0, 0.05) is 19.3 Å². The maximum Gasteiger partial charge on any atom is 0.306 e. The van der Waals surface area contributed by atoms with Crippen LogP contribution in [0.1, 0.15) is 226 Å². The Hall–Kier alpha value is -3.67. The molecule has 0 radical (unpaired) electrons. The van der Waals surface area contributed by atoms with Gasteiger partial charge in [-0.2, -0.15) is 0 Å². The van der Waals surface area contributed by atoms with Crippen molar-refractivity contribution in [3.63, 3.8) is 0 Å². The van der Waals surface area contributed by atoms with E-state index in [0.717, 1.165) is 122 Å². The summed E-state index contributed by atoms with van der Waals surface area (Å²) in [6.45, 7) is 6.41. The van der Waals surface area contributed by atoms with Gasteiger partial charge < -0.3 is 14.2 Å². The summed E-state index contributed by atoms with van der Waals surface area (Å²) >= 11 is 0. The van der Waals surface area contributed by atoms with E-state index in [1.54, 1.807) is 0 Å². The molecule has 0 N–H and O–H groups in total. The summed E-state index contributed by atoms with van der Waals surface area (Å²) in [7, 11) is 0. The quantitative estimate of drug-likeness (QED) is 0.0262. The van der Waals surface area contributed by atoms with Crippen LogP contribution in [0, 0.1) is 0 Å². The average molecular weight is 875 g/mol. The zero-order chi connectivity index (χ0) is 45.8. The predicted octanol–water partition coefficient (Wildman–Crippen LogP) is 17.0. The van der Waals surface area contributed by atoms with E-state index in [4.69, 9.17) is 14.2 Å². The molecule has 0 aliphatic rings. The van der Waals surface area contributed by atoms with Gasteiger partial charge >= 0.3 is 17.9 Å². The van der Waals surface area contributed by atoms with E-state index in [1.165, 1.54) is 64.2 Å². The average Bonchev–Trinajstić information content (AvgIpc) is 3.28. The molecule has 0 aromatic carbocycles. The van der Waals surface area contributed by atoms with Crippen LogP contribution in [0.4, 0.5) is 0 Å². The van der Waals surface area contributed by atoms with E-state index in [-0.39, 0.29) is 31.1 Å². The van der Waals surface area contributed by atoms with Crippen molar-refractivity contribution in [2.45, 2.75) is 232 Å². The Morgan fingerprint density at radius 3 is 1.02 bits per heavy atom. The summed E-state index contributed by atoms with van der Waals surface area (Å²) in [4.78, 5) is 37.8. The highest BCUT2D eigenvalue weighted by Crippen LogP contribution is 2.13. The first-order chi connectivity index (χ1) is 31.0. The molecule has 0 fully saturated rings. The Balaban J connectivity index is 4.31. The van der Waals surface area contributed by atoms with Crippen LogP contribution in [0.2, 0.25) is 0 Å². The zero-order valence-electron chi connectivity index (χ0n) is 40.8. The molecule has 0 aromatic rings. The molecule has 0 amide bonds. The smallest absolute Gasteiger partial charge is 0.306 e. The van der Waals surface area contributed by atoms with Gasteiger partial charge in [-0.15, -0.1) is 0 Å². The number of carbonyl (C=O) groups excluding carboxylic acids is 3. The highest BCUT2D eigenvalue weighted by atomic mass is 16.6. The second-order valence-corrected chi connectivity index (χ2v) is 16.7. The first kappa shape index (κ1) is 59.3. The Morgan fingerprint density at radius 1 is 0.333 bits per heavy atom. The van der Waals surface area contributed by atoms with Crippen LogP contribution in [0.25, 0.3) is 0 Å². The molecule has 358 valence electrons. The molecular weight excluding hydrogens is 781 g/mol. The fourth-order valence-electron chi connectivity index (χ4n) is 6.71. The summed E-state index contributed by atoms with van der Waals surface area (Å²) < 4.78 is 16.7. The Kier molecular flexibility index (Phi) is 48.0. The van der Waals surface area contributed by atoms with E-state index in [1.807, 2.05) is 0 Å². The first-order valence-electron chi connectivity index (χ1n) is 25.7. The first-order valence-corrected chi connectivity index (χ1v) is 25.7. The second kappa shape index (κ2) is 51.0. The largest absolute Gasteiger partial charge is 0.462 e. The van der Waals surface area contributed by atoms with Gasteiger partial charge in [0.05, 0.1) is 0 Å². The topological polar surface area (TPSA) is 78.9 Å². The maximum absolute atomic E-state index is 12.7. The normalized spacial score (nSPS) is 12.9. The standard InChI is InChI=1S/C57H94O6/c1-4-7-10-13-16-18-20-22-23-24-25-26-27-28-29-30-31-32-33-35-36-38-41-44-47-50-56(59)62-53-54(52-61-55(58)49-46-43-40-15-12-9-6-3)63-57(60)51-48-45-42-39-37-34-21-19-17-14-11-8-5-2/h7,10,16,18-19,21-23,25-26,28-29,31-32,35-36,54H,4-6,8-9,11-15,17,20,24,27,30,33-34,37-53H2,1-3H3/b10-7-,18-16-,21-19-,23-22-,26-25-,29-28-,32-31-,36-35-. The zero-order valence-corrected chi connectivity index (χ0v) is 40.8. The number of hydrogen-bond acceptors (Lipinski definition) is 6. The van der Waals surface area contributed by atoms with Crippen molar-refractivity contribution in [1.29, 1.82) is 0 Å². The highest BCUT2D eigenvalue weighted by molar-refractivity contribution is 5.71. The Morgan fingerprint density at radius 2 is 0.619 bits per heavy atom. The van der Waals surface area contributed by atoms with E-state index in [2.05, 4.69) is 118 Å². The van der Waals surface area contributed by atoms with Crippen molar-refractivity contribution in [2.75, 3.05) is 13.2 Å². The third-order valence-corrected chi connectivity index (χ3v) is 10.6. The maximum atomic E-state index is 12.7. The van der Waals surface area contributed by atoms with Crippen LogP contribution in [-0.2, 0) is 28.6 Å². The lowest BCUT2D eigenvalue weighted by molar-refractivity contribution is -0.167. The Labute approximate surface area is 387 Å². The van der Waals surface area contributed by atoms with Crippen LogP contribution in [0.15, 0.2) is 97.2 Å². The lowest BCUT2D eigenvalue weighted by Gasteiger charge is -2.18. The minimum atomic E-state index is -0.792. The van der Waals surface area contributed by atoms with Crippen molar-refractivity contribution in [2.24, 2.45) is 0 Å². The molecule has 0 bridgehead atoms. The van der Waals surface area contributed by atoms with Crippen molar-refractivity contribution < 1.29 is 28.6 Å². The molecule has 0 aliphatic heterocycles. The predicted molar refractivity (Wildman–Crippen MR) is 270 cm³/mol. The van der Waals surface area contributed by atoms with Crippen molar-refractivity contribution in [3.8, 4) is 0 Å². The minimum absolute atomic E-state index is 0.0919. The van der Waals surface area contributed by atoms with Gasteiger partial charge in [-0.25, -0.2) is 0 Å². The third kappa shape index (κ3) is 49.2. The number of carbonyl (C=O) groups is 3. The van der Waals surface area contributed by atoms with Crippen molar-refractivity contribution >= 4 is 17.9 Å². The lowest BCUT2D eigenvalue weighted by atomic mass is 10.1. The lowest BCUT2D eigenvalue weighted by Crippen LogP contribution is -2.30. The molecular formula is C57H94O6.